The van der Waals surface area contributed by atoms with Gasteiger partial charge in [0, 0.05) is 4.88 Å². The molecule has 21 heavy (non-hydrogen) atoms. The van der Waals surface area contributed by atoms with Crippen LogP contribution < -0.4 is 11.1 Å². The number of rotatable bonds is 3. The van der Waals surface area contributed by atoms with E-state index in [0.717, 1.165) is 19.3 Å². The first kappa shape index (κ1) is 15.5. The zero-order valence-electron chi connectivity index (χ0n) is 12.0. The Bertz CT molecular complexity index is 582. The second kappa shape index (κ2) is 6.26. The van der Waals surface area contributed by atoms with Gasteiger partial charge in [-0.05, 0) is 43.7 Å². The highest BCUT2D eigenvalue weighted by molar-refractivity contribution is 7.14. The largest absolute Gasteiger partial charge is 0.448 e. The second-order valence-electron chi connectivity index (χ2n) is 5.31. The number of nitrogens with one attached hydrogen (secondary N) is 1. The fourth-order valence-corrected chi connectivity index (χ4v) is 3.39. The molecule has 1 aromatic heterocycles. The average Bonchev–Trinajstić information content (AvgIpc) is 2.80. The van der Waals surface area contributed by atoms with Crippen molar-refractivity contribution in [3.05, 3.63) is 21.4 Å². The number of ether oxygens (including phenoxy) is 1. The summed E-state index contributed by atoms with van der Waals surface area (Å²) in [5.74, 6) is -0.656. The zero-order valence-corrected chi connectivity index (χ0v) is 12.8. The van der Waals surface area contributed by atoms with Crippen molar-refractivity contribution in [2.75, 3.05) is 0 Å². The number of esters is 1. The third kappa shape index (κ3) is 3.81. The molecule has 0 saturated heterocycles. The Morgan fingerprint density at radius 3 is 2.86 bits per heavy atom. The molecule has 0 unspecified atom stereocenters. The molecule has 1 aliphatic rings. The summed E-state index contributed by atoms with van der Waals surface area (Å²) in [6, 6.07) is 0.875. The Hall–Kier alpha value is -1.89. The summed E-state index contributed by atoms with van der Waals surface area (Å²) >= 11 is 1.42. The summed E-state index contributed by atoms with van der Waals surface area (Å²) in [7, 11) is 0. The number of imide groups is 1. The van der Waals surface area contributed by atoms with E-state index in [1.807, 2.05) is 11.4 Å². The molecule has 114 valence electrons. The summed E-state index contributed by atoms with van der Waals surface area (Å²) in [5.41, 5.74) is 6.04. The average molecular weight is 310 g/mol. The first-order valence-corrected chi connectivity index (χ1v) is 7.61. The number of aryl methyl sites for hydroxylation is 1. The van der Waals surface area contributed by atoms with Gasteiger partial charge in [0.05, 0.1) is 0 Å². The van der Waals surface area contributed by atoms with Crippen LogP contribution >= 0.6 is 11.3 Å². The molecule has 1 heterocycles. The van der Waals surface area contributed by atoms with Crippen molar-refractivity contribution < 1.29 is 19.1 Å². The van der Waals surface area contributed by atoms with Crippen LogP contribution in [0.4, 0.5) is 4.79 Å². The van der Waals surface area contributed by atoms with Crippen LogP contribution in [0.15, 0.2) is 6.07 Å². The third-order valence-corrected chi connectivity index (χ3v) is 4.65. The SMILES string of the molecule is C[C@H]1CCc2sc(C(=O)O[C@H](C)C(=O)NC(N)=O)cc2C1. The lowest BCUT2D eigenvalue weighted by Gasteiger charge is -2.16. The van der Waals surface area contributed by atoms with Gasteiger partial charge >= 0.3 is 12.0 Å². The molecule has 0 saturated carbocycles. The highest BCUT2D eigenvalue weighted by Gasteiger charge is 2.24. The molecule has 2 rings (SSSR count). The number of carbonyl (C=O) groups is 3. The predicted molar refractivity (Wildman–Crippen MR) is 78.1 cm³/mol. The van der Waals surface area contributed by atoms with Crippen LogP contribution in [0.2, 0.25) is 0 Å². The lowest BCUT2D eigenvalue weighted by atomic mass is 9.90. The van der Waals surface area contributed by atoms with E-state index in [1.165, 1.54) is 28.7 Å². The van der Waals surface area contributed by atoms with E-state index in [2.05, 4.69) is 6.92 Å². The molecule has 0 bridgehead atoms. The van der Waals surface area contributed by atoms with Gasteiger partial charge in [0.15, 0.2) is 6.10 Å². The molecule has 2 atom stereocenters. The highest BCUT2D eigenvalue weighted by Crippen LogP contribution is 2.32. The minimum atomic E-state index is -1.07. The number of hydrogen-bond donors (Lipinski definition) is 2. The molecule has 7 heteroatoms. The quantitative estimate of drug-likeness (QED) is 0.829. The number of urea groups is 1. The molecule has 0 spiro atoms. The van der Waals surface area contributed by atoms with E-state index in [0.29, 0.717) is 10.8 Å². The van der Waals surface area contributed by atoms with E-state index in [1.54, 1.807) is 0 Å². The normalized spacial score (nSPS) is 18.5. The summed E-state index contributed by atoms with van der Waals surface area (Å²) in [5, 5.41) is 1.88. The Morgan fingerprint density at radius 2 is 2.19 bits per heavy atom. The molecular formula is C14H18N2O4S. The van der Waals surface area contributed by atoms with Gasteiger partial charge < -0.3 is 10.5 Å². The fraction of sp³-hybridized carbons (Fsp3) is 0.500. The fourth-order valence-electron chi connectivity index (χ4n) is 2.30. The van der Waals surface area contributed by atoms with Crippen molar-refractivity contribution in [2.45, 2.75) is 39.2 Å². The molecule has 6 nitrogen and oxygen atoms in total. The van der Waals surface area contributed by atoms with Crippen LogP contribution in [0.1, 0.15) is 40.4 Å². The van der Waals surface area contributed by atoms with Crippen LogP contribution in [0.5, 0.6) is 0 Å². The molecule has 0 aromatic carbocycles. The number of hydrogen-bond acceptors (Lipinski definition) is 5. The number of thiophene rings is 1. The van der Waals surface area contributed by atoms with Crippen molar-refractivity contribution in [1.29, 1.82) is 0 Å². The van der Waals surface area contributed by atoms with Gasteiger partial charge in [0.2, 0.25) is 0 Å². The van der Waals surface area contributed by atoms with Crippen molar-refractivity contribution in [1.82, 2.24) is 5.32 Å². The molecule has 0 radical (unpaired) electrons. The Labute approximate surface area is 126 Å². The zero-order chi connectivity index (χ0) is 15.6. The van der Waals surface area contributed by atoms with Crippen LogP contribution in [-0.2, 0) is 22.4 Å². The van der Waals surface area contributed by atoms with Crippen molar-refractivity contribution in [2.24, 2.45) is 11.7 Å². The smallest absolute Gasteiger partial charge is 0.349 e. The Morgan fingerprint density at radius 1 is 1.48 bits per heavy atom. The maximum atomic E-state index is 12.0. The Balaban J connectivity index is 2.01. The highest BCUT2D eigenvalue weighted by atomic mass is 32.1. The van der Waals surface area contributed by atoms with Gasteiger partial charge in [-0.1, -0.05) is 6.92 Å². The second-order valence-corrected chi connectivity index (χ2v) is 6.44. The number of fused-ring (bicyclic) bond motifs is 1. The molecule has 0 aliphatic heterocycles. The summed E-state index contributed by atoms with van der Waals surface area (Å²) in [6.07, 6.45) is 2.01. The Kier molecular flexibility index (Phi) is 4.62. The van der Waals surface area contributed by atoms with E-state index in [9.17, 15) is 14.4 Å². The van der Waals surface area contributed by atoms with Gasteiger partial charge in [-0.15, -0.1) is 11.3 Å². The lowest BCUT2D eigenvalue weighted by molar-refractivity contribution is -0.127. The minimum Gasteiger partial charge on any atom is -0.448 e. The monoisotopic (exact) mass is 310 g/mol. The van der Waals surface area contributed by atoms with Gasteiger partial charge in [0.25, 0.3) is 5.91 Å². The number of primary amides is 1. The van der Waals surface area contributed by atoms with E-state index < -0.39 is 24.0 Å². The van der Waals surface area contributed by atoms with Crippen LogP contribution in [0.25, 0.3) is 0 Å². The molecule has 1 aliphatic carbocycles. The lowest BCUT2D eigenvalue weighted by Crippen LogP contribution is -2.42. The van der Waals surface area contributed by atoms with Crippen molar-refractivity contribution in [3.8, 4) is 0 Å². The molecule has 0 fully saturated rings. The standard InChI is InChI=1S/C14H18N2O4S/c1-7-3-4-10-9(5-7)6-11(21-10)13(18)20-8(2)12(17)16-14(15)19/h6-8H,3-5H2,1-2H3,(H3,15,16,17,19)/t7-,8+/m0/s1. The maximum Gasteiger partial charge on any atom is 0.349 e. The van der Waals surface area contributed by atoms with Crippen molar-refractivity contribution >= 4 is 29.2 Å². The minimum absolute atomic E-state index is 0.493. The van der Waals surface area contributed by atoms with Gasteiger partial charge in [-0.25, -0.2) is 9.59 Å². The molecule has 1 aromatic rings. The van der Waals surface area contributed by atoms with Crippen LogP contribution in [0, 0.1) is 5.92 Å². The van der Waals surface area contributed by atoms with Gasteiger partial charge in [0.1, 0.15) is 4.88 Å². The molecule has 3 amide bonds. The van der Waals surface area contributed by atoms with Crippen LogP contribution in [0.3, 0.4) is 0 Å². The molecule has 3 N–H and O–H groups in total. The number of amides is 3. The predicted octanol–water partition coefficient (Wildman–Crippen LogP) is 1.61. The number of nitrogens with two attached hydrogens (primary N) is 1. The topological polar surface area (TPSA) is 98.5 Å². The summed E-state index contributed by atoms with van der Waals surface area (Å²) in [6.45, 7) is 3.58. The summed E-state index contributed by atoms with van der Waals surface area (Å²) < 4.78 is 5.06. The van der Waals surface area contributed by atoms with Crippen molar-refractivity contribution in [3.63, 3.8) is 0 Å². The first-order valence-electron chi connectivity index (χ1n) is 6.79. The van der Waals surface area contributed by atoms with Gasteiger partial charge in [-0.2, -0.15) is 0 Å². The summed E-state index contributed by atoms with van der Waals surface area (Å²) in [4.78, 5) is 35.8. The first-order chi connectivity index (χ1) is 9.86. The van der Waals surface area contributed by atoms with E-state index in [4.69, 9.17) is 10.5 Å². The van der Waals surface area contributed by atoms with Crippen LogP contribution in [-0.4, -0.2) is 24.0 Å². The number of carbonyl (C=O) groups excluding carboxylic acids is 3. The van der Waals surface area contributed by atoms with E-state index in [-0.39, 0.29) is 0 Å². The van der Waals surface area contributed by atoms with Gasteiger partial charge in [-0.3, -0.25) is 10.1 Å². The maximum absolute atomic E-state index is 12.0. The van der Waals surface area contributed by atoms with E-state index >= 15 is 0 Å². The third-order valence-electron chi connectivity index (χ3n) is 3.43. The molecular weight excluding hydrogens is 292 g/mol.